The lowest BCUT2D eigenvalue weighted by Gasteiger charge is -2.29. The molecule has 2 fully saturated rings. The molecule has 1 saturated carbocycles. The van der Waals surface area contributed by atoms with E-state index in [1.807, 2.05) is 4.90 Å². The summed E-state index contributed by atoms with van der Waals surface area (Å²) in [6.45, 7) is 1.45. The zero-order chi connectivity index (χ0) is 12.1. The Hall–Kier alpha value is -1.06. The molecule has 0 atom stereocenters. The third-order valence-corrected chi connectivity index (χ3v) is 4.02. The first-order valence-electron chi connectivity index (χ1n) is 6.77. The van der Waals surface area contributed by atoms with Crippen molar-refractivity contribution in [2.24, 2.45) is 11.1 Å². The molecular formula is C13H22N2O2. The largest absolute Gasteiger partial charge is 0.411 e. The highest BCUT2D eigenvalue weighted by Gasteiger charge is 2.23. The second kappa shape index (κ2) is 6.03. The van der Waals surface area contributed by atoms with Crippen LogP contribution in [-0.2, 0) is 4.79 Å². The first kappa shape index (κ1) is 12.4. The SMILES string of the molecule is O=C(CC1CCCCC1)N1CCC(=NO)CC1. The summed E-state index contributed by atoms with van der Waals surface area (Å²) in [6, 6.07) is 0. The topological polar surface area (TPSA) is 52.9 Å². The number of rotatable bonds is 2. The van der Waals surface area contributed by atoms with Gasteiger partial charge in [-0.25, -0.2) is 0 Å². The molecule has 4 nitrogen and oxygen atoms in total. The van der Waals surface area contributed by atoms with E-state index in [-0.39, 0.29) is 0 Å². The Bertz CT molecular complexity index is 286. The van der Waals surface area contributed by atoms with E-state index >= 15 is 0 Å². The molecule has 1 aliphatic heterocycles. The Labute approximate surface area is 103 Å². The normalized spacial score (nSPS) is 22.6. The zero-order valence-electron chi connectivity index (χ0n) is 10.4. The number of likely N-dealkylation sites (tertiary alicyclic amines) is 1. The van der Waals surface area contributed by atoms with Gasteiger partial charge in [0, 0.05) is 32.4 Å². The number of carbonyl (C=O) groups is 1. The molecular weight excluding hydrogens is 216 g/mol. The average molecular weight is 238 g/mol. The van der Waals surface area contributed by atoms with Crippen LogP contribution in [0.5, 0.6) is 0 Å². The maximum atomic E-state index is 12.1. The van der Waals surface area contributed by atoms with Crippen molar-refractivity contribution in [3.05, 3.63) is 0 Å². The molecule has 0 aromatic heterocycles. The molecule has 4 heteroatoms. The lowest BCUT2D eigenvalue weighted by atomic mass is 9.86. The van der Waals surface area contributed by atoms with Gasteiger partial charge in [0.1, 0.15) is 0 Å². The molecule has 0 spiro atoms. The average Bonchev–Trinajstić information content (AvgIpc) is 2.40. The first-order chi connectivity index (χ1) is 8.29. The van der Waals surface area contributed by atoms with Crippen LogP contribution in [0.2, 0.25) is 0 Å². The summed E-state index contributed by atoms with van der Waals surface area (Å²) < 4.78 is 0. The van der Waals surface area contributed by atoms with Crippen molar-refractivity contribution in [3.63, 3.8) is 0 Å². The fourth-order valence-corrected chi connectivity index (χ4v) is 2.88. The zero-order valence-corrected chi connectivity index (χ0v) is 10.4. The van der Waals surface area contributed by atoms with E-state index in [9.17, 15) is 4.79 Å². The molecule has 1 saturated heterocycles. The van der Waals surface area contributed by atoms with Crippen LogP contribution in [0.4, 0.5) is 0 Å². The van der Waals surface area contributed by atoms with Gasteiger partial charge in [-0.15, -0.1) is 0 Å². The highest BCUT2D eigenvalue weighted by atomic mass is 16.4. The Balaban J connectivity index is 1.76. The summed E-state index contributed by atoms with van der Waals surface area (Å²) in [4.78, 5) is 14.0. The van der Waals surface area contributed by atoms with E-state index in [1.54, 1.807) is 0 Å². The lowest BCUT2D eigenvalue weighted by Crippen LogP contribution is -2.39. The summed E-state index contributed by atoms with van der Waals surface area (Å²) >= 11 is 0. The standard InChI is InChI=1S/C13H22N2O2/c16-13(10-11-4-2-1-3-5-11)15-8-6-12(14-17)7-9-15/h11,17H,1-10H2. The molecule has 1 N–H and O–H groups in total. The van der Waals surface area contributed by atoms with Crippen molar-refractivity contribution in [1.82, 2.24) is 4.90 Å². The van der Waals surface area contributed by atoms with Gasteiger partial charge in [0.25, 0.3) is 0 Å². The molecule has 2 rings (SSSR count). The van der Waals surface area contributed by atoms with E-state index < -0.39 is 0 Å². The van der Waals surface area contributed by atoms with Crippen molar-refractivity contribution < 1.29 is 10.0 Å². The van der Waals surface area contributed by atoms with Gasteiger partial charge in [0.15, 0.2) is 0 Å². The number of amides is 1. The molecule has 0 radical (unpaired) electrons. The molecule has 0 bridgehead atoms. The third kappa shape index (κ3) is 3.45. The van der Waals surface area contributed by atoms with Gasteiger partial charge in [0.05, 0.1) is 5.71 Å². The van der Waals surface area contributed by atoms with Crippen LogP contribution >= 0.6 is 0 Å². The summed E-state index contributed by atoms with van der Waals surface area (Å²) in [6.07, 6.45) is 8.56. The highest BCUT2D eigenvalue weighted by molar-refractivity contribution is 5.87. The van der Waals surface area contributed by atoms with Gasteiger partial charge in [-0.1, -0.05) is 24.4 Å². The van der Waals surface area contributed by atoms with Crippen LogP contribution in [0.3, 0.4) is 0 Å². The minimum absolute atomic E-state index is 0.300. The summed E-state index contributed by atoms with van der Waals surface area (Å²) in [7, 11) is 0. The fourth-order valence-electron chi connectivity index (χ4n) is 2.88. The summed E-state index contributed by atoms with van der Waals surface area (Å²) in [5, 5.41) is 11.9. The molecule has 1 heterocycles. The number of oxime groups is 1. The molecule has 17 heavy (non-hydrogen) atoms. The summed E-state index contributed by atoms with van der Waals surface area (Å²) in [5.74, 6) is 0.915. The minimum Gasteiger partial charge on any atom is -0.411 e. The van der Waals surface area contributed by atoms with E-state index in [0.29, 0.717) is 11.8 Å². The van der Waals surface area contributed by atoms with Crippen LogP contribution in [0.15, 0.2) is 5.16 Å². The van der Waals surface area contributed by atoms with Gasteiger partial charge >= 0.3 is 0 Å². The maximum Gasteiger partial charge on any atom is 0.222 e. The molecule has 0 unspecified atom stereocenters. The molecule has 0 aromatic carbocycles. The highest BCUT2D eigenvalue weighted by Crippen LogP contribution is 2.27. The van der Waals surface area contributed by atoms with Crippen LogP contribution < -0.4 is 0 Å². The summed E-state index contributed by atoms with van der Waals surface area (Å²) in [5.41, 5.74) is 0.826. The Morgan fingerprint density at radius 1 is 1.24 bits per heavy atom. The number of hydrogen-bond acceptors (Lipinski definition) is 3. The van der Waals surface area contributed by atoms with Crippen LogP contribution in [0.1, 0.15) is 51.4 Å². The quantitative estimate of drug-likeness (QED) is 0.593. The monoisotopic (exact) mass is 238 g/mol. The lowest BCUT2D eigenvalue weighted by molar-refractivity contribution is -0.132. The smallest absolute Gasteiger partial charge is 0.222 e. The van der Waals surface area contributed by atoms with Crippen LogP contribution in [0, 0.1) is 5.92 Å². The van der Waals surface area contributed by atoms with Crippen molar-refractivity contribution in [2.75, 3.05) is 13.1 Å². The first-order valence-corrected chi connectivity index (χ1v) is 6.77. The predicted molar refractivity (Wildman–Crippen MR) is 66.2 cm³/mol. The van der Waals surface area contributed by atoms with Gasteiger partial charge < -0.3 is 10.1 Å². The van der Waals surface area contributed by atoms with Crippen molar-refractivity contribution in [2.45, 2.75) is 51.4 Å². The van der Waals surface area contributed by atoms with Gasteiger partial charge in [0.2, 0.25) is 5.91 Å². The fraction of sp³-hybridized carbons (Fsp3) is 0.846. The van der Waals surface area contributed by atoms with Gasteiger partial charge in [-0.2, -0.15) is 0 Å². The molecule has 2 aliphatic rings. The second-order valence-corrected chi connectivity index (χ2v) is 5.26. The van der Waals surface area contributed by atoms with Gasteiger partial charge in [-0.05, 0) is 18.8 Å². The number of nitrogens with zero attached hydrogens (tertiary/aromatic N) is 2. The third-order valence-electron chi connectivity index (χ3n) is 4.02. The van der Waals surface area contributed by atoms with Crippen LogP contribution in [0.25, 0.3) is 0 Å². The molecule has 0 aromatic rings. The van der Waals surface area contributed by atoms with E-state index in [4.69, 9.17) is 5.21 Å². The van der Waals surface area contributed by atoms with Gasteiger partial charge in [-0.3, -0.25) is 4.79 Å². The molecule has 96 valence electrons. The molecule has 1 amide bonds. The second-order valence-electron chi connectivity index (χ2n) is 5.26. The van der Waals surface area contributed by atoms with Crippen molar-refractivity contribution in [3.8, 4) is 0 Å². The van der Waals surface area contributed by atoms with Crippen molar-refractivity contribution in [1.29, 1.82) is 0 Å². The minimum atomic E-state index is 0.300. The van der Waals surface area contributed by atoms with E-state index in [1.165, 1.54) is 32.1 Å². The number of carbonyl (C=O) groups excluding carboxylic acids is 1. The van der Waals surface area contributed by atoms with E-state index in [0.717, 1.165) is 38.1 Å². The van der Waals surface area contributed by atoms with E-state index in [2.05, 4.69) is 5.16 Å². The predicted octanol–water partition coefficient (Wildman–Crippen LogP) is 2.41. The maximum absolute atomic E-state index is 12.1. The Morgan fingerprint density at radius 2 is 1.88 bits per heavy atom. The number of hydrogen-bond donors (Lipinski definition) is 1. The van der Waals surface area contributed by atoms with Crippen molar-refractivity contribution >= 4 is 11.6 Å². The Morgan fingerprint density at radius 3 is 2.47 bits per heavy atom. The number of piperidine rings is 1. The Kier molecular flexibility index (Phi) is 4.40. The van der Waals surface area contributed by atoms with Crippen LogP contribution in [-0.4, -0.2) is 34.8 Å². The molecule has 1 aliphatic carbocycles.